The summed E-state index contributed by atoms with van der Waals surface area (Å²) in [7, 11) is 0. The fourth-order valence-electron chi connectivity index (χ4n) is 1.44. The Labute approximate surface area is 93.9 Å². The third-order valence-corrected chi connectivity index (χ3v) is 2.31. The third kappa shape index (κ3) is 2.47. The SMILES string of the molecule is Cl.NC1CCN(c2ncc(Cl)cn2)C1. The molecule has 0 radical (unpaired) electrons. The molecule has 0 amide bonds. The smallest absolute Gasteiger partial charge is 0.225 e. The largest absolute Gasteiger partial charge is 0.339 e. The van der Waals surface area contributed by atoms with Gasteiger partial charge in [0.1, 0.15) is 0 Å². The van der Waals surface area contributed by atoms with Crippen LogP contribution in [0.5, 0.6) is 0 Å². The molecule has 0 aliphatic carbocycles. The first-order valence-corrected chi connectivity index (χ1v) is 4.61. The van der Waals surface area contributed by atoms with Gasteiger partial charge < -0.3 is 10.6 Å². The van der Waals surface area contributed by atoms with Gasteiger partial charge in [-0.3, -0.25) is 0 Å². The summed E-state index contributed by atoms with van der Waals surface area (Å²) in [5.41, 5.74) is 5.77. The van der Waals surface area contributed by atoms with E-state index in [0.29, 0.717) is 5.02 Å². The Balaban J connectivity index is 0.000000980. The molecule has 14 heavy (non-hydrogen) atoms. The van der Waals surface area contributed by atoms with Crippen LogP contribution in [0.1, 0.15) is 6.42 Å². The van der Waals surface area contributed by atoms with E-state index in [1.807, 2.05) is 0 Å². The molecule has 4 nitrogen and oxygen atoms in total. The van der Waals surface area contributed by atoms with Gasteiger partial charge in [0.15, 0.2) is 0 Å². The number of nitrogens with zero attached hydrogens (tertiary/aromatic N) is 3. The molecule has 6 heteroatoms. The highest BCUT2D eigenvalue weighted by molar-refractivity contribution is 6.30. The van der Waals surface area contributed by atoms with Crippen molar-refractivity contribution in [2.75, 3.05) is 18.0 Å². The maximum absolute atomic E-state index is 5.77. The van der Waals surface area contributed by atoms with Crippen LogP contribution in [-0.2, 0) is 0 Å². The van der Waals surface area contributed by atoms with Gasteiger partial charge in [-0.05, 0) is 6.42 Å². The van der Waals surface area contributed by atoms with Gasteiger partial charge >= 0.3 is 0 Å². The summed E-state index contributed by atoms with van der Waals surface area (Å²) in [5, 5.41) is 0.562. The number of nitrogens with two attached hydrogens (primary N) is 1. The molecule has 1 aliphatic rings. The van der Waals surface area contributed by atoms with E-state index in [4.69, 9.17) is 17.3 Å². The van der Waals surface area contributed by atoms with Crippen molar-refractivity contribution in [3.63, 3.8) is 0 Å². The molecule has 0 spiro atoms. The second-order valence-electron chi connectivity index (χ2n) is 3.20. The van der Waals surface area contributed by atoms with Crippen LogP contribution in [0.15, 0.2) is 12.4 Å². The number of halogens is 2. The van der Waals surface area contributed by atoms with Crippen LogP contribution in [0.3, 0.4) is 0 Å². The lowest BCUT2D eigenvalue weighted by Gasteiger charge is -2.14. The molecule has 1 aromatic rings. The first kappa shape index (κ1) is 11.5. The van der Waals surface area contributed by atoms with Crippen LogP contribution in [0.2, 0.25) is 5.02 Å². The number of anilines is 1. The predicted octanol–water partition coefficient (Wildman–Crippen LogP) is 1.09. The molecule has 0 aromatic carbocycles. The number of aromatic nitrogens is 2. The summed E-state index contributed by atoms with van der Waals surface area (Å²) in [4.78, 5) is 10.3. The fraction of sp³-hybridized carbons (Fsp3) is 0.500. The molecule has 0 saturated carbocycles. The van der Waals surface area contributed by atoms with Gasteiger partial charge in [-0.25, -0.2) is 9.97 Å². The number of rotatable bonds is 1. The minimum absolute atomic E-state index is 0. The van der Waals surface area contributed by atoms with Crippen LogP contribution in [0.4, 0.5) is 5.95 Å². The van der Waals surface area contributed by atoms with E-state index >= 15 is 0 Å². The zero-order valence-electron chi connectivity index (χ0n) is 7.56. The van der Waals surface area contributed by atoms with E-state index < -0.39 is 0 Å². The molecule has 2 rings (SSSR count). The average molecular weight is 235 g/mol. The van der Waals surface area contributed by atoms with Crippen molar-refractivity contribution in [2.45, 2.75) is 12.5 Å². The second-order valence-corrected chi connectivity index (χ2v) is 3.63. The minimum atomic E-state index is 0. The summed E-state index contributed by atoms with van der Waals surface area (Å²) in [6.45, 7) is 1.77. The Hall–Kier alpha value is -0.580. The molecule has 1 saturated heterocycles. The van der Waals surface area contributed by atoms with E-state index in [1.165, 1.54) is 0 Å². The summed E-state index contributed by atoms with van der Waals surface area (Å²) in [6, 6.07) is 0.249. The van der Waals surface area contributed by atoms with E-state index in [9.17, 15) is 0 Å². The maximum atomic E-state index is 5.77. The topological polar surface area (TPSA) is 55.0 Å². The summed E-state index contributed by atoms with van der Waals surface area (Å²) in [5.74, 6) is 0.720. The molecular weight excluding hydrogens is 223 g/mol. The van der Waals surface area contributed by atoms with Crippen molar-refractivity contribution in [3.05, 3.63) is 17.4 Å². The molecule has 0 bridgehead atoms. The van der Waals surface area contributed by atoms with Crippen molar-refractivity contribution in [1.29, 1.82) is 0 Å². The lowest BCUT2D eigenvalue weighted by molar-refractivity contribution is 0.750. The minimum Gasteiger partial charge on any atom is -0.339 e. The third-order valence-electron chi connectivity index (χ3n) is 2.11. The Morgan fingerprint density at radius 3 is 2.57 bits per heavy atom. The van der Waals surface area contributed by atoms with E-state index in [1.54, 1.807) is 12.4 Å². The second kappa shape index (κ2) is 4.77. The number of hydrogen-bond acceptors (Lipinski definition) is 4. The van der Waals surface area contributed by atoms with Gasteiger partial charge in [0.05, 0.1) is 17.4 Å². The first-order chi connectivity index (χ1) is 6.25. The zero-order chi connectivity index (χ0) is 9.26. The van der Waals surface area contributed by atoms with E-state index in [-0.39, 0.29) is 18.4 Å². The van der Waals surface area contributed by atoms with Gasteiger partial charge in [-0.2, -0.15) is 0 Å². The average Bonchev–Trinajstić information content (AvgIpc) is 2.53. The Morgan fingerprint density at radius 1 is 1.43 bits per heavy atom. The molecule has 78 valence electrons. The molecule has 1 aromatic heterocycles. The number of hydrogen-bond donors (Lipinski definition) is 1. The van der Waals surface area contributed by atoms with Crippen LogP contribution >= 0.6 is 24.0 Å². The molecule has 1 fully saturated rings. The maximum Gasteiger partial charge on any atom is 0.225 e. The highest BCUT2D eigenvalue weighted by atomic mass is 35.5. The van der Waals surface area contributed by atoms with Gasteiger partial charge in [0.25, 0.3) is 0 Å². The van der Waals surface area contributed by atoms with Crippen LogP contribution in [0.25, 0.3) is 0 Å². The lowest BCUT2D eigenvalue weighted by Crippen LogP contribution is -2.27. The Morgan fingerprint density at radius 2 is 2.07 bits per heavy atom. The Kier molecular flexibility index (Phi) is 3.92. The van der Waals surface area contributed by atoms with Gasteiger partial charge in [-0.1, -0.05) is 11.6 Å². The van der Waals surface area contributed by atoms with E-state index in [0.717, 1.165) is 25.5 Å². The molecule has 2 heterocycles. The van der Waals surface area contributed by atoms with Crippen molar-refractivity contribution in [2.24, 2.45) is 5.73 Å². The Bertz CT molecular complexity index is 290. The first-order valence-electron chi connectivity index (χ1n) is 4.24. The molecule has 1 aliphatic heterocycles. The predicted molar refractivity (Wildman–Crippen MR) is 59.1 cm³/mol. The van der Waals surface area contributed by atoms with Crippen LogP contribution in [-0.4, -0.2) is 29.1 Å². The summed E-state index contributed by atoms with van der Waals surface area (Å²) < 4.78 is 0. The van der Waals surface area contributed by atoms with E-state index in [2.05, 4.69) is 14.9 Å². The van der Waals surface area contributed by atoms with Crippen LogP contribution in [0, 0.1) is 0 Å². The normalized spacial score (nSPS) is 20.7. The zero-order valence-corrected chi connectivity index (χ0v) is 9.13. The lowest BCUT2D eigenvalue weighted by atomic mass is 10.3. The summed E-state index contributed by atoms with van der Waals surface area (Å²) >= 11 is 5.68. The van der Waals surface area contributed by atoms with Gasteiger partial charge in [0.2, 0.25) is 5.95 Å². The molecular formula is C8H12Cl2N4. The molecule has 2 N–H and O–H groups in total. The molecule has 1 atom stereocenters. The fourth-order valence-corrected chi connectivity index (χ4v) is 1.54. The standard InChI is InChI=1S/C8H11ClN4.ClH/c9-6-3-11-8(12-4-6)13-2-1-7(10)5-13;/h3-4,7H,1-2,5,10H2;1H. The van der Waals surface area contributed by atoms with Crippen molar-refractivity contribution in [3.8, 4) is 0 Å². The highest BCUT2D eigenvalue weighted by Crippen LogP contribution is 2.15. The van der Waals surface area contributed by atoms with Crippen molar-refractivity contribution in [1.82, 2.24) is 9.97 Å². The highest BCUT2D eigenvalue weighted by Gasteiger charge is 2.20. The monoisotopic (exact) mass is 234 g/mol. The van der Waals surface area contributed by atoms with Crippen LogP contribution < -0.4 is 10.6 Å². The quantitative estimate of drug-likeness (QED) is 0.791. The van der Waals surface area contributed by atoms with Gasteiger partial charge in [-0.15, -0.1) is 12.4 Å². The van der Waals surface area contributed by atoms with Gasteiger partial charge in [0, 0.05) is 19.1 Å². The summed E-state index contributed by atoms with van der Waals surface area (Å²) in [6.07, 6.45) is 4.22. The van der Waals surface area contributed by atoms with Crippen molar-refractivity contribution < 1.29 is 0 Å². The van der Waals surface area contributed by atoms with Crippen molar-refractivity contribution >= 4 is 30.0 Å². The molecule has 1 unspecified atom stereocenters.